The molecular formula is C8H17NO3. The summed E-state index contributed by atoms with van der Waals surface area (Å²) in [5.74, 6) is 0. The van der Waals surface area contributed by atoms with Gasteiger partial charge in [0.15, 0.2) is 0 Å². The molecule has 3 N–H and O–H groups in total. The van der Waals surface area contributed by atoms with E-state index in [1.807, 2.05) is 6.92 Å². The number of aliphatic hydroxyl groups excluding tert-OH is 2. The minimum absolute atomic E-state index is 0.0312. The average Bonchev–Trinajstić information content (AvgIpc) is 2.05. The van der Waals surface area contributed by atoms with Crippen LogP contribution in [-0.4, -0.2) is 48.2 Å². The molecule has 0 atom stereocenters. The number of rotatable bonds is 5. The van der Waals surface area contributed by atoms with Gasteiger partial charge in [-0.25, -0.2) is 0 Å². The zero-order chi connectivity index (χ0) is 9.03. The van der Waals surface area contributed by atoms with Crippen molar-refractivity contribution in [3.05, 3.63) is 0 Å². The second-order valence-corrected chi connectivity index (χ2v) is 3.33. The van der Waals surface area contributed by atoms with Crippen LogP contribution >= 0.6 is 0 Å². The summed E-state index contributed by atoms with van der Waals surface area (Å²) >= 11 is 0. The van der Waals surface area contributed by atoms with E-state index in [0.717, 1.165) is 6.42 Å². The third-order valence-corrected chi connectivity index (χ3v) is 2.43. The van der Waals surface area contributed by atoms with Gasteiger partial charge in [-0.15, -0.1) is 0 Å². The summed E-state index contributed by atoms with van der Waals surface area (Å²) in [5.41, 5.74) is -0.519. The van der Waals surface area contributed by atoms with Gasteiger partial charge in [-0.2, -0.15) is 0 Å². The van der Waals surface area contributed by atoms with Crippen LogP contribution in [0.5, 0.6) is 0 Å². The molecule has 0 aliphatic carbocycles. The second kappa shape index (κ2) is 4.18. The Morgan fingerprint density at radius 3 is 2.25 bits per heavy atom. The molecule has 0 saturated carbocycles. The summed E-state index contributed by atoms with van der Waals surface area (Å²) in [5, 5.41) is 21.4. The molecule has 0 unspecified atom stereocenters. The largest absolute Gasteiger partial charge is 0.394 e. The highest BCUT2D eigenvalue weighted by Gasteiger charge is 2.32. The highest BCUT2D eigenvalue weighted by atomic mass is 16.5. The first-order chi connectivity index (χ1) is 5.76. The molecule has 1 saturated heterocycles. The van der Waals surface area contributed by atoms with E-state index >= 15 is 0 Å². The first-order valence-electron chi connectivity index (χ1n) is 4.33. The number of nitrogens with one attached hydrogen (secondary N) is 1. The Kier molecular flexibility index (Phi) is 3.46. The fourth-order valence-corrected chi connectivity index (χ4v) is 1.22. The van der Waals surface area contributed by atoms with Gasteiger partial charge in [0.2, 0.25) is 0 Å². The topological polar surface area (TPSA) is 61.7 Å². The van der Waals surface area contributed by atoms with E-state index in [0.29, 0.717) is 19.3 Å². The van der Waals surface area contributed by atoms with Gasteiger partial charge in [0.05, 0.1) is 38.0 Å². The van der Waals surface area contributed by atoms with E-state index in [2.05, 4.69) is 5.32 Å². The standard InChI is InChI=1S/C8H17NO3/c1-2-8(5-10,6-11)9-7-3-12-4-7/h7,9-11H,2-6H2,1H3. The zero-order valence-corrected chi connectivity index (χ0v) is 7.42. The van der Waals surface area contributed by atoms with Crippen molar-refractivity contribution in [2.45, 2.75) is 24.9 Å². The normalized spacial score (nSPS) is 19.2. The fourth-order valence-electron chi connectivity index (χ4n) is 1.22. The van der Waals surface area contributed by atoms with Crippen LogP contribution in [0.2, 0.25) is 0 Å². The molecule has 1 aliphatic heterocycles. The summed E-state index contributed by atoms with van der Waals surface area (Å²) in [4.78, 5) is 0. The van der Waals surface area contributed by atoms with E-state index < -0.39 is 5.54 Å². The maximum atomic E-state index is 9.08. The minimum Gasteiger partial charge on any atom is -0.394 e. The maximum Gasteiger partial charge on any atom is 0.0649 e. The smallest absolute Gasteiger partial charge is 0.0649 e. The van der Waals surface area contributed by atoms with Crippen molar-refractivity contribution < 1.29 is 14.9 Å². The zero-order valence-electron chi connectivity index (χ0n) is 7.42. The van der Waals surface area contributed by atoms with Crippen molar-refractivity contribution in [2.24, 2.45) is 0 Å². The maximum absolute atomic E-state index is 9.08. The minimum atomic E-state index is -0.519. The highest BCUT2D eigenvalue weighted by Crippen LogP contribution is 2.12. The molecular weight excluding hydrogens is 158 g/mol. The lowest BCUT2D eigenvalue weighted by molar-refractivity contribution is -0.0359. The Morgan fingerprint density at radius 2 is 2.00 bits per heavy atom. The van der Waals surface area contributed by atoms with Crippen LogP contribution in [0.4, 0.5) is 0 Å². The highest BCUT2D eigenvalue weighted by molar-refractivity contribution is 4.90. The molecule has 1 rings (SSSR count). The van der Waals surface area contributed by atoms with Gasteiger partial charge in [-0.3, -0.25) is 0 Å². The predicted octanol–water partition coefficient (Wildman–Crippen LogP) is -0.892. The summed E-state index contributed by atoms with van der Waals surface area (Å²) < 4.78 is 4.99. The van der Waals surface area contributed by atoms with Crippen molar-refractivity contribution in [1.82, 2.24) is 5.32 Å². The summed E-state index contributed by atoms with van der Waals surface area (Å²) in [7, 11) is 0. The molecule has 0 aromatic rings. The number of aliphatic hydroxyl groups is 2. The van der Waals surface area contributed by atoms with E-state index in [-0.39, 0.29) is 13.2 Å². The molecule has 1 heterocycles. The quantitative estimate of drug-likeness (QED) is 0.507. The molecule has 0 spiro atoms. The van der Waals surface area contributed by atoms with Gasteiger partial charge >= 0.3 is 0 Å². The van der Waals surface area contributed by atoms with Crippen LogP contribution < -0.4 is 5.32 Å². The van der Waals surface area contributed by atoms with Crippen LogP contribution in [0.25, 0.3) is 0 Å². The molecule has 1 aliphatic rings. The fraction of sp³-hybridized carbons (Fsp3) is 1.00. The van der Waals surface area contributed by atoms with E-state index in [1.54, 1.807) is 0 Å². The van der Waals surface area contributed by atoms with Crippen molar-refractivity contribution in [1.29, 1.82) is 0 Å². The first-order valence-corrected chi connectivity index (χ1v) is 4.33. The van der Waals surface area contributed by atoms with Crippen LogP contribution in [0.15, 0.2) is 0 Å². The Labute approximate surface area is 72.5 Å². The number of hydrogen-bond donors (Lipinski definition) is 3. The number of hydrogen-bond acceptors (Lipinski definition) is 4. The van der Waals surface area contributed by atoms with Gasteiger partial charge in [0.1, 0.15) is 0 Å². The van der Waals surface area contributed by atoms with Gasteiger partial charge in [0, 0.05) is 0 Å². The van der Waals surface area contributed by atoms with E-state index in [4.69, 9.17) is 14.9 Å². The van der Waals surface area contributed by atoms with Crippen molar-refractivity contribution in [3.8, 4) is 0 Å². The van der Waals surface area contributed by atoms with E-state index in [1.165, 1.54) is 0 Å². The predicted molar refractivity (Wildman–Crippen MR) is 44.9 cm³/mol. The van der Waals surface area contributed by atoms with Crippen LogP contribution in [0.1, 0.15) is 13.3 Å². The van der Waals surface area contributed by atoms with E-state index in [9.17, 15) is 0 Å². The van der Waals surface area contributed by atoms with Crippen molar-refractivity contribution in [2.75, 3.05) is 26.4 Å². The molecule has 12 heavy (non-hydrogen) atoms. The SMILES string of the molecule is CCC(CO)(CO)NC1COC1. The van der Waals surface area contributed by atoms with Crippen molar-refractivity contribution >= 4 is 0 Å². The van der Waals surface area contributed by atoms with Crippen LogP contribution in [-0.2, 0) is 4.74 Å². The molecule has 4 nitrogen and oxygen atoms in total. The summed E-state index contributed by atoms with van der Waals surface area (Å²) in [6, 6.07) is 0.296. The molecule has 0 amide bonds. The summed E-state index contributed by atoms with van der Waals surface area (Å²) in [6.07, 6.45) is 0.719. The lowest BCUT2D eigenvalue weighted by atomic mass is 9.96. The van der Waals surface area contributed by atoms with Gasteiger partial charge < -0.3 is 20.3 Å². The molecule has 0 radical (unpaired) electrons. The third kappa shape index (κ3) is 1.95. The second-order valence-electron chi connectivity index (χ2n) is 3.33. The van der Waals surface area contributed by atoms with Gasteiger partial charge in [-0.1, -0.05) is 6.92 Å². The molecule has 4 heteroatoms. The summed E-state index contributed by atoms with van der Waals surface area (Å²) in [6.45, 7) is 3.25. The molecule has 0 aromatic heterocycles. The Balaban J connectivity index is 2.39. The monoisotopic (exact) mass is 175 g/mol. The van der Waals surface area contributed by atoms with Gasteiger partial charge in [0.25, 0.3) is 0 Å². The molecule has 72 valence electrons. The first kappa shape index (κ1) is 9.92. The molecule has 0 aromatic carbocycles. The molecule has 0 bridgehead atoms. The third-order valence-electron chi connectivity index (χ3n) is 2.43. The van der Waals surface area contributed by atoms with Gasteiger partial charge in [-0.05, 0) is 6.42 Å². The van der Waals surface area contributed by atoms with Crippen molar-refractivity contribution in [3.63, 3.8) is 0 Å². The van der Waals surface area contributed by atoms with Crippen LogP contribution in [0.3, 0.4) is 0 Å². The Hall–Kier alpha value is -0.160. The Bertz CT molecular complexity index is 124. The number of ether oxygens (including phenoxy) is 1. The lowest BCUT2D eigenvalue weighted by Gasteiger charge is -2.38. The molecule has 1 fully saturated rings. The lowest BCUT2D eigenvalue weighted by Crippen LogP contribution is -2.60. The van der Waals surface area contributed by atoms with Crippen LogP contribution in [0, 0.1) is 0 Å². The Morgan fingerprint density at radius 1 is 1.42 bits per heavy atom. The average molecular weight is 175 g/mol.